The summed E-state index contributed by atoms with van der Waals surface area (Å²) >= 11 is 3.51. The van der Waals surface area contributed by atoms with Crippen molar-refractivity contribution in [1.29, 1.82) is 0 Å². The summed E-state index contributed by atoms with van der Waals surface area (Å²) in [5.41, 5.74) is 3.78. The molecule has 0 aliphatic carbocycles. The predicted molar refractivity (Wildman–Crippen MR) is 99.2 cm³/mol. The van der Waals surface area contributed by atoms with E-state index in [1.807, 2.05) is 0 Å². The van der Waals surface area contributed by atoms with E-state index in [-0.39, 0.29) is 0 Å². The van der Waals surface area contributed by atoms with Crippen LogP contribution in [0.4, 0.5) is 0 Å². The number of hydrogen-bond donors (Lipinski definition) is 0. The molecular weight excluding hydrogens is 322 g/mol. The van der Waals surface area contributed by atoms with Crippen molar-refractivity contribution in [3.8, 4) is 11.4 Å². The number of thioether (sulfide) groups is 1. The molecule has 3 nitrogen and oxygen atoms in total. The fourth-order valence-electron chi connectivity index (χ4n) is 2.55. The summed E-state index contributed by atoms with van der Waals surface area (Å²) in [6, 6.07) is 11.1. The Morgan fingerprint density at radius 2 is 2.00 bits per heavy atom. The van der Waals surface area contributed by atoms with Crippen molar-refractivity contribution < 1.29 is 0 Å². The molecule has 2 heterocycles. The summed E-state index contributed by atoms with van der Waals surface area (Å²) in [7, 11) is 0. The first-order valence-electron chi connectivity index (χ1n) is 7.73. The van der Waals surface area contributed by atoms with E-state index in [9.17, 15) is 0 Å². The number of rotatable bonds is 5. The molecule has 0 radical (unpaired) electrons. The molecule has 23 heavy (non-hydrogen) atoms. The van der Waals surface area contributed by atoms with Gasteiger partial charge in [0, 0.05) is 27.6 Å². The molecule has 0 bridgehead atoms. The lowest BCUT2D eigenvalue weighted by molar-refractivity contribution is 0.555. The number of aromatic nitrogens is 3. The highest BCUT2D eigenvalue weighted by molar-refractivity contribution is 7.98. The number of hydrogen-bond acceptors (Lipinski definition) is 4. The number of nitrogens with zero attached hydrogens (tertiary/aromatic N) is 3. The van der Waals surface area contributed by atoms with Gasteiger partial charge < -0.3 is 0 Å². The Kier molecular flexibility index (Phi) is 4.87. The molecule has 3 aromatic rings. The first-order chi connectivity index (χ1) is 11.0. The zero-order chi connectivity index (χ0) is 16.4. The van der Waals surface area contributed by atoms with Crippen molar-refractivity contribution in [2.45, 2.75) is 44.6 Å². The number of thiophene rings is 1. The first-order valence-corrected chi connectivity index (χ1v) is 9.60. The molecule has 0 saturated carbocycles. The Labute approximate surface area is 145 Å². The van der Waals surface area contributed by atoms with Gasteiger partial charge in [0.05, 0.1) is 0 Å². The molecule has 0 fully saturated rings. The van der Waals surface area contributed by atoms with E-state index in [1.165, 1.54) is 16.0 Å². The van der Waals surface area contributed by atoms with Crippen molar-refractivity contribution in [2.24, 2.45) is 0 Å². The summed E-state index contributed by atoms with van der Waals surface area (Å²) in [5, 5.41) is 12.0. The minimum Gasteiger partial charge on any atom is -0.299 e. The van der Waals surface area contributed by atoms with E-state index in [4.69, 9.17) is 0 Å². The lowest BCUT2D eigenvalue weighted by Gasteiger charge is -2.13. The van der Waals surface area contributed by atoms with Crippen LogP contribution in [0.3, 0.4) is 0 Å². The van der Waals surface area contributed by atoms with Crippen LogP contribution in [0.2, 0.25) is 0 Å². The second kappa shape index (κ2) is 6.89. The van der Waals surface area contributed by atoms with Gasteiger partial charge in [-0.3, -0.25) is 4.57 Å². The Bertz CT molecular complexity index is 802. The SMILES string of the molecule is Cc1cccc(CSc2nnc(-c3csc(C)c3)n2C(C)C)c1. The molecule has 0 saturated heterocycles. The lowest BCUT2D eigenvalue weighted by Crippen LogP contribution is -2.04. The van der Waals surface area contributed by atoms with Gasteiger partial charge in [0.2, 0.25) is 0 Å². The van der Waals surface area contributed by atoms with Crippen molar-refractivity contribution in [3.05, 3.63) is 51.7 Å². The molecule has 2 aromatic heterocycles. The molecule has 1 aromatic carbocycles. The molecule has 0 unspecified atom stereocenters. The van der Waals surface area contributed by atoms with E-state index in [2.05, 4.69) is 78.2 Å². The standard InChI is InChI=1S/C18H21N3S2/c1-12(2)21-17(16-9-14(4)22-11-16)19-20-18(21)23-10-15-7-5-6-13(3)8-15/h5-9,11-12H,10H2,1-4H3. The highest BCUT2D eigenvalue weighted by Crippen LogP contribution is 2.31. The van der Waals surface area contributed by atoms with Crippen LogP contribution in [-0.4, -0.2) is 14.8 Å². The van der Waals surface area contributed by atoms with E-state index < -0.39 is 0 Å². The zero-order valence-electron chi connectivity index (χ0n) is 13.9. The maximum Gasteiger partial charge on any atom is 0.192 e. The fourth-order valence-corrected chi connectivity index (χ4v) is 4.24. The van der Waals surface area contributed by atoms with Crippen LogP contribution in [0.25, 0.3) is 11.4 Å². The Balaban J connectivity index is 1.86. The van der Waals surface area contributed by atoms with Gasteiger partial charge in [-0.25, -0.2) is 0 Å². The maximum absolute atomic E-state index is 4.45. The Morgan fingerprint density at radius 1 is 1.17 bits per heavy atom. The normalized spacial score (nSPS) is 11.3. The van der Waals surface area contributed by atoms with E-state index >= 15 is 0 Å². The van der Waals surface area contributed by atoms with Crippen LogP contribution in [0.15, 0.2) is 40.9 Å². The predicted octanol–water partition coefficient (Wildman–Crippen LogP) is 5.50. The monoisotopic (exact) mass is 343 g/mol. The third-order valence-corrected chi connectivity index (χ3v) is 5.50. The highest BCUT2D eigenvalue weighted by Gasteiger charge is 2.17. The largest absolute Gasteiger partial charge is 0.299 e. The van der Waals surface area contributed by atoms with Gasteiger partial charge in [-0.1, -0.05) is 41.6 Å². The summed E-state index contributed by atoms with van der Waals surface area (Å²) < 4.78 is 2.24. The second-order valence-electron chi connectivity index (χ2n) is 5.99. The average Bonchev–Trinajstić information content (AvgIpc) is 3.11. The van der Waals surface area contributed by atoms with Crippen LogP contribution in [0.1, 0.15) is 35.9 Å². The molecule has 0 aliphatic rings. The Hall–Kier alpha value is -1.59. The van der Waals surface area contributed by atoms with Gasteiger partial charge in [0.1, 0.15) is 0 Å². The molecule has 120 valence electrons. The van der Waals surface area contributed by atoms with Gasteiger partial charge in [-0.2, -0.15) is 0 Å². The Morgan fingerprint density at radius 3 is 2.65 bits per heavy atom. The number of benzene rings is 1. The molecule has 0 N–H and O–H groups in total. The van der Waals surface area contributed by atoms with Crippen LogP contribution in [0, 0.1) is 13.8 Å². The van der Waals surface area contributed by atoms with Crippen LogP contribution < -0.4 is 0 Å². The van der Waals surface area contributed by atoms with Gasteiger partial charge in [-0.05, 0) is 39.3 Å². The van der Waals surface area contributed by atoms with Crippen molar-refractivity contribution in [3.63, 3.8) is 0 Å². The second-order valence-corrected chi connectivity index (χ2v) is 8.05. The summed E-state index contributed by atoms with van der Waals surface area (Å²) in [4.78, 5) is 1.30. The average molecular weight is 344 g/mol. The third-order valence-electron chi connectivity index (χ3n) is 3.62. The molecule has 3 rings (SSSR count). The topological polar surface area (TPSA) is 30.7 Å². The maximum atomic E-state index is 4.45. The minimum absolute atomic E-state index is 0.334. The van der Waals surface area contributed by atoms with Crippen molar-refractivity contribution in [2.75, 3.05) is 0 Å². The van der Waals surface area contributed by atoms with Crippen molar-refractivity contribution in [1.82, 2.24) is 14.8 Å². The molecule has 0 aliphatic heterocycles. The lowest BCUT2D eigenvalue weighted by atomic mass is 10.2. The van der Waals surface area contributed by atoms with Gasteiger partial charge in [-0.15, -0.1) is 21.5 Å². The molecule has 0 amide bonds. The van der Waals surface area contributed by atoms with E-state index in [1.54, 1.807) is 23.1 Å². The summed E-state index contributed by atoms with van der Waals surface area (Å²) in [6.07, 6.45) is 0. The van der Waals surface area contributed by atoms with Crippen LogP contribution >= 0.6 is 23.1 Å². The molecule has 0 atom stereocenters. The van der Waals surface area contributed by atoms with Crippen molar-refractivity contribution >= 4 is 23.1 Å². The van der Waals surface area contributed by atoms with Gasteiger partial charge >= 0.3 is 0 Å². The molecule has 5 heteroatoms. The molecular formula is C18H21N3S2. The van der Waals surface area contributed by atoms with E-state index in [0.29, 0.717) is 6.04 Å². The van der Waals surface area contributed by atoms with Crippen LogP contribution in [0.5, 0.6) is 0 Å². The summed E-state index contributed by atoms with van der Waals surface area (Å²) in [5.74, 6) is 1.88. The van der Waals surface area contributed by atoms with E-state index in [0.717, 1.165) is 22.3 Å². The molecule has 0 spiro atoms. The van der Waals surface area contributed by atoms with Gasteiger partial charge in [0.25, 0.3) is 0 Å². The van der Waals surface area contributed by atoms with Gasteiger partial charge in [0.15, 0.2) is 11.0 Å². The van der Waals surface area contributed by atoms with Crippen LogP contribution in [-0.2, 0) is 5.75 Å². The highest BCUT2D eigenvalue weighted by atomic mass is 32.2. The minimum atomic E-state index is 0.334. The third kappa shape index (κ3) is 3.67. The number of aryl methyl sites for hydroxylation is 2. The summed E-state index contributed by atoms with van der Waals surface area (Å²) in [6.45, 7) is 8.62. The smallest absolute Gasteiger partial charge is 0.192 e. The quantitative estimate of drug-likeness (QED) is 0.573. The fraction of sp³-hybridized carbons (Fsp3) is 0.333. The zero-order valence-corrected chi connectivity index (χ0v) is 15.5. The first kappa shape index (κ1) is 16.3.